The van der Waals surface area contributed by atoms with Gasteiger partial charge in [-0.1, -0.05) is 23.2 Å². The smallest absolute Gasteiger partial charge is 0.0935 e. The third kappa shape index (κ3) is 0.683. The van der Waals surface area contributed by atoms with Gasteiger partial charge in [0.15, 0.2) is 9.52 Å². The zero-order valence-electron chi connectivity index (χ0n) is 2.26. The summed E-state index contributed by atoms with van der Waals surface area (Å²) >= 11 is 10.6. The van der Waals surface area contributed by atoms with Crippen LogP contribution in [0, 0.1) is 0 Å². The number of hydrogen-bond acceptors (Lipinski definition) is 0. The lowest BCUT2D eigenvalue weighted by Crippen LogP contribution is -1.46. The van der Waals surface area contributed by atoms with Gasteiger partial charge in [0.05, 0.1) is 0 Å². The first-order chi connectivity index (χ1) is 2.30. The summed E-state index contributed by atoms with van der Waals surface area (Å²) < 4.78 is 1.71. The summed E-state index contributed by atoms with van der Waals surface area (Å²) in [4.78, 5) is 0. The average molecular weight is 123 g/mol. The molecule has 2 radical (unpaired) electrons. The van der Waals surface area contributed by atoms with Crippen LogP contribution in [0.15, 0.2) is 9.31 Å². The van der Waals surface area contributed by atoms with E-state index in [1.54, 1.807) is 0 Å². The van der Waals surface area contributed by atoms with Crippen molar-refractivity contribution in [3.8, 4) is 0 Å². The predicted molar refractivity (Wildman–Crippen MR) is 24.5 cm³/mol. The van der Waals surface area contributed by atoms with Crippen molar-refractivity contribution in [2.24, 2.45) is 0 Å². The zero-order valence-corrected chi connectivity index (χ0v) is 4.77. The minimum absolute atomic E-state index is 0.645. The summed E-state index contributed by atoms with van der Waals surface area (Å²) in [5, 5.41) is 0. The van der Waals surface area contributed by atoms with Crippen LogP contribution in [-0.4, -0.2) is 9.52 Å². The van der Waals surface area contributed by atoms with Crippen molar-refractivity contribution < 1.29 is 0 Å². The lowest BCUT2D eigenvalue weighted by Gasteiger charge is -1.44. The largest absolute Gasteiger partial charge is 0.155 e. The number of hydrogen-bond donors (Lipinski definition) is 0. The van der Waals surface area contributed by atoms with E-state index in [4.69, 9.17) is 23.2 Å². The van der Waals surface area contributed by atoms with Gasteiger partial charge in [0, 0.05) is 9.31 Å². The average Bonchev–Trinajstić information content (AvgIpc) is 1.79. The highest BCUT2D eigenvalue weighted by atomic mass is 35.5. The van der Waals surface area contributed by atoms with E-state index in [0.29, 0.717) is 9.52 Å². The SMILES string of the molecule is ClC1=C(Cl)[Si]1. The summed E-state index contributed by atoms with van der Waals surface area (Å²) in [5.41, 5.74) is 0. The molecule has 0 spiro atoms. The van der Waals surface area contributed by atoms with E-state index in [0.717, 1.165) is 9.31 Å². The molecule has 0 aromatic carbocycles. The summed E-state index contributed by atoms with van der Waals surface area (Å²) in [7, 11) is 0.645. The van der Waals surface area contributed by atoms with Gasteiger partial charge in [-0.15, -0.1) is 0 Å². The summed E-state index contributed by atoms with van der Waals surface area (Å²) in [5.74, 6) is 0. The Balaban J connectivity index is 2.59. The molecule has 0 atom stereocenters. The molecule has 0 amide bonds. The standard InChI is InChI=1S/C2Cl2Si/c3-1-2(4)5-1. The van der Waals surface area contributed by atoms with Crippen molar-refractivity contribution in [1.29, 1.82) is 0 Å². The van der Waals surface area contributed by atoms with Gasteiger partial charge in [-0.05, 0) is 0 Å². The van der Waals surface area contributed by atoms with Crippen LogP contribution in [0.1, 0.15) is 0 Å². The van der Waals surface area contributed by atoms with Crippen LogP contribution < -0.4 is 0 Å². The fourth-order valence-corrected chi connectivity index (χ4v) is 0.907. The van der Waals surface area contributed by atoms with Crippen LogP contribution in [0.4, 0.5) is 0 Å². The molecule has 0 aliphatic carbocycles. The normalized spacial score (nSPS) is 20.4. The molecule has 1 rings (SSSR count). The molecule has 26 valence electrons. The van der Waals surface area contributed by atoms with E-state index >= 15 is 0 Å². The Morgan fingerprint density at radius 2 is 1.40 bits per heavy atom. The van der Waals surface area contributed by atoms with E-state index in [-0.39, 0.29) is 0 Å². The molecule has 1 aliphatic heterocycles. The lowest BCUT2D eigenvalue weighted by molar-refractivity contribution is 2.51. The fourth-order valence-electron chi connectivity index (χ4n) is 0.0651. The highest BCUT2D eigenvalue weighted by molar-refractivity contribution is 6.91. The van der Waals surface area contributed by atoms with Gasteiger partial charge in [0.25, 0.3) is 0 Å². The minimum atomic E-state index is 0.645. The summed E-state index contributed by atoms with van der Waals surface area (Å²) in [6.45, 7) is 0. The topological polar surface area (TPSA) is 0 Å². The second-order valence-corrected chi connectivity index (χ2v) is 3.39. The molecule has 0 bridgehead atoms. The molecule has 0 fully saturated rings. The second-order valence-electron chi connectivity index (χ2n) is 0.753. The maximum atomic E-state index is 5.30. The van der Waals surface area contributed by atoms with Crippen LogP contribution in [0.25, 0.3) is 0 Å². The first-order valence-corrected chi connectivity index (χ1v) is 2.88. The maximum absolute atomic E-state index is 5.30. The van der Waals surface area contributed by atoms with Gasteiger partial charge in [0.1, 0.15) is 0 Å². The quantitative estimate of drug-likeness (QED) is 0.426. The first kappa shape index (κ1) is 3.72. The highest BCUT2D eigenvalue weighted by Crippen LogP contribution is 2.26. The van der Waals surface area contributed by atoms with E-state index in [1.165, 1.54) is 0 Å². The van der Waals surface area contributed by atoms with Crippen molar-refractivity contribution in [2.75, 3.05) is 0 Å². The van der Waals surface area contributed by atoms with E-state index in [9.17, 15) is 0 Å². The predicted octanol–water partition coefficient (Wildman–Crippen LogP) is 1.31. The Kier molecular flexibility index (Phi) is 0.743. The molecule has 0 aromatic heterocycles. The van der Waals surface area contributed by atoms with Crippen molar-refractivity contribution in [3.63, 3.8) is 0 Å². The van der Waals surface area contributed by atoms with Crippen LogP contribution >= 0.6 is 23.2 Å². The second kappa shape index (κ2) is 0.999. The number of rotatable bonds is 0. The molecule has 1 aliphatic rings. The van der Waals surface area contributed by atoms with Gasteiger partial charge in [-0.2, -0.15) is 0 Å². The van der Waals surface area contributed by atoms with Crippen molar-refractivity contribution in [2.45, 2.75) is 0 Å². The lowest BCUT2D eigenvalue weighted by atomic mass is 11.3. The molecule has 0 N–H and O–H groups in total. The van der Waals surface area contributed by atoms with Gasteiger partial charge < -0.3 is 0 Å². The minimum Gasteiger partial charge on any atom is -0.0935 e. The van der Waals surface area contributed by atoms with Gasteiger partial charge in [-0.3, -0.25) is 0 Å². The first-order valence-electron chi connectivity index (χ1n) is 1.13. The molecule has 0 nitrogen and oxygen atoms in total. The monoisotopic (exact) mass is 122 g/mol. The van der Waals surface area contributed by atoms with Crippen LogP contribution in [-0.2, 0) is 0 Å². The van der Waals surface area contributed by atoms with Crippen LogP contribution in [0.5, 0.6) is 0 Å². The molecule has 1 heterocycles. The molecule has 0 unspecified atom stereocenters. The molecule has 0 aromatic rings. The fraction of sp³-hybridized carbons (Fsp3) is 0. The molecular formula is C2Cl2Si. The van der Waals surface area contributed by atoms with E-state index < -0.39 is 0 Å². The van der Waals surface area contributed by atoms with Gasteiger partial charge in [-0.25, -0.2) is 0 Å². The zero-order chi connectivity index (χ0) is 3.86. The summed E-state index contributed by atoms with van der Waals surface area (Å²) in [6, 6.07) is 0. The Labute approximate surface area is 42.6 Å². The van der Waals surface area contributed by atoms with Crippen molar-refractivity contribution in [1.82, 2.24) is 0 Å². The third-order valence-corrected chi connectivity index (χ3v) is 2.40. The Morgan fingerprint density at radius 3 is 1.40 bits per heavy atom. The third-order valence-electron chi connectivity index (χ3n) is 0.350. The molecule has 5 heavy (non-hydrogen) atoms. The molecule has 0 saturated carbocycles. The number of halogens is 2. The highest BCUT2D eigenvalue weighted by Gasteiger charge is 2.16. The Bertz CT molecular complexity index is 75.6. The van der Waals surface area contributed by atoms with Crippen LogP contribution in [0.2, 0.25) is 0 Å². The van der Waals surface area contributed by atoms with Crippen LogP contribution in [0.3, 0.4) is 0 Å². The van der Waals surface area contributed by atoms with E-state index in [1.807, 2.05) is 0 Å². The van der Waals surface area contributed by atoms with Gasteiger partial charge >= 0.3 is 0 Å². The van der Waals surface area contributed by atoms with Gasteiger partial charge in [0.2, 0.25) is 0 Å². The molecule has 0 saturated heterocycles. The molecular weight excluding hydrogens is 123 g/mol. The summed E-state index contributed by atoms with van der Waals surface area (Å²) in [6.07, 6.45) is 0. The van der Waals surface area contributed by atoms with Crippen molar-refractivity contribution >= 4 is 32.7 Å². The van der Waals surface area contributed by atoms with Crippen molar-refractivity contribution in [3.05, 3.63) is 9.31 Å². The maximum Gasteiger partial charge on any atom is 0.155 e. The Morgan fingerprint density at radius 1 is 1.20 bits per heavy atom. The van der Waals surface area contributed by atoms with E-state index in [2.05, 4.69) is 0 Å². The molecule has 3 heteroatoms. The Hall–Kier alpha value is 0.537.